The number of methoxy groups -OCH3 is 1. The molecule has 4 aliphatic heterocycles. The van der Waals surface area contributed by atoms with Crippen molar-refractivity contribution in [2.45, 2.75) is 88.6 Å². The minimum Gasteiger partial charge on any atom is -0.380 e. The number of nitrogens with zero attached hydrogens (tertiary/aromatic N) is 1. The molecule has 37 heavy (non-hydrogen) atoms. The number of carbonyl (C=O) groups is 1. The zero-order valence-electron chi connectivity index (χ0n) is 23.0. The van der Waals surface area contributed by atoms with Crippen LogP contribution in [0.25, 0.3) is 0 Å². The molecule has 9 atom stereocenters. The van der Waals surface area contributed by atoms with Crippen LogP contribution in [0.2, 0.25) is 0 Å². The van der Waals surface area contributed by atoms with Gasteiger partial charge in [-0.2, -0.15) is 0 Å². The Bertz CT molecular complexity index is 724. The number of amides is 1. The van der Waals surface area contributed by atoms with E-state index in [1.54, 1.807) is 0 Å². The fraction of sp³-hybridized carbons (Fsp3) is 0.963. The average molecular weight is 522 g/mol. The Morgan fingerprint density at radius 3 is 2.68 bits per heavy atom. The molecule has 4 saturated heterocycles. The number of carbonyl (C=O) groups excluding carboxylic acids is 1. The molecule has 10 nitrogen and oxygen atoms in total. The van der Waals surface area contributed by atoms with Gasteiger partial charge >= 0.3 is 0 Å². The smallest absolute Gasteiger partial charge is 0.223 e. The predicted molar refractivity (Wildman–Crippen MR) is 144 cm³/mol. The third-order valence-corrected chi connectivity index (χ3v) is 9.59. The molecule has 6 N–H and O–H groups in total. The van der Waals surface area contributed by atoms with Gasteiger partial charge in [-0.25, -0.2) is 0 Å². The van der Waals surface area contributed by atoms with E-state index >= 15 is 0 Å². The monoisotopic (exact) mass is 521 g/mol. The maximum absolute atomic E-state index is 13.3. The molecule has 5 rings (SSSR count). The van der Waals surface area contributed by atoms with E-state index in [-0.39, 0.29) is 24.2 Å². The van der Waals surface area contributed by atoms with Crippen molar-refractivity contribution in [3.8, 4) is 0 Å². The number of piperidine rings is 2. The van der Waals surface area contributed by atoms with E-state index in [2.05, 4.69) is 43.7 Å². The van der Waals surface area contributed by atoms with Crippen molar-refractivity contribution in [2.75, 3.05) is 59.6 Å². The minimum absolute atomic E-state index is 0.0994. The summed E-state index contributed by atoms with van der Waals surface area (Å²) in [6.45, 7) is 9.78. The minimum atomic E-state index is 0.0994. The van der Waals surface area contributed by atoms with Crippen LogP contribution in [0.3, 0.4) is 0 Å². The average Bonchev–Trinajstić information content (AvgIpc) is 2.95. The summed E-state index contributed by atoms with van der Waals surface area (Å²) in [6, 6.07) is 1.12. The molecule has 5 fully saturated rings. The maximum Gasteiger partial charge on any atom is 0.223 e. The summed E-state index contributed by atoms with van der Waals surface area (Å²) < 4.78 is 11.1. The molecule has 0 bridgehead atoms. The summed E-state index contributed by atoms with van der Waals surface area (Å²) in [7, 11) is 1.82. The van der Waals surface area contributed by atoms with Gasteiger partial charge in [-0.3, -0.25) is 25.6 Å². The van der Waals surface area contributed by atoms with Crippen LogP contribution in [0, 0.1) is 17.8 Å². The van der Waals surface area contributed by atoms with E-state index < -0.39 is 0 Å². The molecular formula is C27H51N7O3. The van der Waals surface area contributed by atoms with Crippen molar-refractivity contribution in [1.29, 1.82) is 0 Å². The number of nitrogens with one attached hydrogen (secondary N) is 6. The van der Waals surface area contributed by atoms with Crippen LogP contribution in [0.4, 0.5) is 0 Å². The van der Waals surface area contributed by atoms with Crippen LogP contribution in [0.5, 0.6) is 0 Å². The van der Waals surface area contributed by atoms with Crippen LogP contribution < -0.4 is 31.9 Å². The van der Waals surface area contributed by atoms with E-state index in [1.165, 1.54) is 0 Å². The molecule has 1 saturated carbocycles. The molecule has 212 valence electrons. The number of hydrogen-bond donors (Lipinski definition) is 6. The van der Waals surface area contributed by atoms with Crippen LogP contribution in [-0.2, 0) is 14.3 Å². The SMILES string of the molecule is COC1CNCC(C2CCNC(NC3CC(NC(=O)C4CCNC(N5CCOCC5)C4)CCC3C)N2)C1. The number of ether oxygens (including phenoxy) is 2. The van der Waals surface area contributed by atoms with Crippen LogP contribution in [0.15, 0.2) is 0 Å². The molecule has 0 radical (unpaired) electrons. The summed E-state index contributed by atoms with van der Waals surface area (Å²) in [4.78, 5) is 15.7. The molecule has 0 spiro atoms. The number of rotatable bonds is 7. The summed E-state index contributed by atoms with van der Waals surface area (Å²) in [5, 5.41) is 22.0. The van der Waals surface area contributed by atoms with E-state index in [9.17, 15) is 4.79 Å². The molecule has 9 unspecified atom stereocenters. The zero-order valence-corrected chi connectivity index (χ0v) is 23.0. The maximum atomic E-state index is 13.3. The second-order valence-electron chi connectivity index (χ2n) is 12.1. The topological polar surface area (TPSA) is 111 Å². The molecule has 0 aromatic rings. The van der Waals surface area contributed by atoms with Gasteiger partial charge in [0.2, 0.25) is 5.91 Å². The lowest BCUT2D eigenvalue weighted by atomic mass is 9.82. The fourth-order valence-corrected chi connectivity index (χ4v) is 7.16. The second-order valence-corrected chi connectivity index (χ2v) is 12.1. The van der Waals surface area contributed by atoms with Crippen LogP contribution >= 0.6 is 0 Å². The van der Waals surface area contributed by atoms with Crippen molar-refractivity contribution < 1.29 is 14.3 Å². The standard InChI is InChI=1S/C27H51N7O3/c1-18-3-4-21(31-26(35)19-5-7-29-25(14-19)34-9-11-37-12-10-34)15-24(18)33-27-30-8-6-23(32-27)20-13-22(36-2)17-28-16-20/h18-25,27-30,32-33H,3-17H2,1-2H3,(H,31,35). The van der Waals surface area contributed by atoms with Crippen molar-refractivity contribution >= 4 is 5.91 Å². The van der Waals surface area contributed by atoms with Gasteiger partial charge in [0.05, 0.1) is 25.5 Å². The fourth-order valence-electron chi connectivity index (χ4n) is 7.16. The quantitative estimate of drug-likeness (QED) is 0.271. The predicted octanol–water partition coefficient (Wildman–Crippen LogP) is -0.233. The molecule has 0 aromatic heterocycles. The Morgan fingerprint density at radius 2 is 1.84 bits per heavy atom. The second kappa shape index (κ2) is 13.5. The molecule has 1 aliphatic carbocycles. The first-order valence-electron chi connectivity index (χ1n) is 14.9. The summed E-state index contributed by atoms with van der Waals surface area (Å²) in [6.07, 6.45) is 8.01. The van der Waals surface area contributed by atoms with Crippen LogP contribution in [0.1, 0.15) is 51.9 Å². The van der Waals surface area contributed by atoms with Gasteiger partial charge in [-0.1, -0.05) is 6.92 Å². The Morgan fingerprint density at radius 1 is 1.00 bits per heavy atom. The lowest BCUT2D eigenvalue weighted by molar-refractivity contribution is -0.128. The third kappa shape index (κ3) is 7.42. The third-order valence-electron chi connectivity index (χ3n) is 9.59. The highest BCUT2D eigenvalue weighted by Gasteiger charge is 2.36. The summed E-state index contributed by atoms with van der Waals surface area (Å²) in [5.41, 5.74) is 0. The van der Waals surface area contributed by atoms with Gasteiger partial charge in [0.1, 0.15) is 6.29 Å². The van der Waals surface area contributed by atoms with Gasteiger partial charge in [0, 0.05) is 50.8 Å². The molecule has 0 aromatic carbocycles. The Hall–Kier alpha value is -0.850. The first-order chi connectivity index (χ1) is 18.1. The van der Waals surface area contributed by atoms with Crippen LogP contribution in [-0.4, -0.2) is 107 Å². The highest BCUT2D eigenvalue weighted by molar-refractivity contribution is 5.79. The van der Waals surface area contributed by atoms with Crippen molar-refractivity contribution in [1.82, 2.24) is 36.8 Å². The van der Waals surface area contributed by atoms with Gasteiger partial charge in [0.25, 0.3) is 0 Å². The first kappa shape index (κ1) is 27.7. The molecule has 4 heterocycles. The molecule has 10 heteroatoms. The van der Waals surface area contributed by atoms with Crippen molar-refractivity contribution in [2.24, 2.45) is 17.8 Å². The number of hydrogen-bond acceptors (Lipinski definition) is 9. The Kier molecular flexibility index (Phi) is 10.1. The van der Waals surface area contributed by atoms with Gasteiger partial charge in [-0.05, 0) is 76.4 Å². The van der Waals surface area contributed by atoms with E-state index in [0.717, 1.165) is 97.4 Å². The number of morpholine rings is 1. The van der Waals surface area contributed by atoms with Crippen molar-refractivity contribution in [3.05, 3.63) is 0 Å². The highest BCUT2D eigenvalue weighted by Crippen LogP contribution is 2.27. The summed E-state index contributed by atoms with van der Waals surface area (Å²) >= 11 is 0. The first-order valence-corrected chi connectivity index (χ1v) is 14.9. The van der Waals surface area contributed by atoms with Gasteiger partial charge in [0.15, 0.2) is 0 Å². The van der Waals surface area contributed by atoms with E-state index in [4.69, 9.17) is 9.47 Å². The normalized spacial score (nSPS) is 42.3. The molecular weight excluding hydrogens is 470 g/mol. The summed E-state index contributed by atoms with van der Waals surface area (Å²) in [5.74, 6) is 1.54. The van der Waals surface area contributed by atoms with E-state index in [0.29, 0.717) is 36.2 Å². The van der Waals surface area contributed by atoms with Gasteiger partial charge in [-0.15, -0.1) is 0 Å². The lowest BCUT2D eigenvalue weighted by Gasteiger charge is -2.43. The highest BCUT2D eigenvalue weighted by atomic mass is 16.5. The Balaban J connectivity index is 1.09. The largest absolute Gasteiger partial charge is 0.380 e. The molecule has 5 aliphatic rings. The lowest BCUT2D eigenvalue weighted by Crippen LogP contribution is -2.66. The van der Waals surface area contributed by atoms with Gasteiger partial charge < -0.3 is 25.4 Å². The Labute approximate surface area is 223 Å². The van der Waals surface area contributed by atoms with E-state index in [1.807, 2.05) is 7.11 Å². The zero-order chi connectivity index (χ0) is 25.6. The molecule has 1 amide bonds. The van der Waals surface area contributed by atoms with Crippen molar-refractivity contribution in [3.63, 3.8) is 0 Å².